The van der Waals surface area contributed by atoms with Gasteiger partial charge >= 0.3 is 11.9 Å². The summed E-state index contributed by atoms with van der Waals surface area (Å²) >= 11 is 1.47. The third-order valence-corrected chi connectivity index (χ3v) is 5.02. The first kappa shape index (κ1) is 18.3. The summed E-state index contributed by atoms with van der Waals surface area (Å²) in [5.41, 5.74) is 0.470. The minimum Gasteiger partial charge on any atom is -0.386 e. The SMILES string of the molecule is CCCCCCCCCCCCSC1=C(C)C(=O)OC1=O. The van der Waals surface area contributed by atoms with E-state index >= 15 is 0 Å². The number of hydrogen-bond acceptors (Lipinski definition) is 4. The highest BCUT2D eigenvalue weighted by atomic mass is 32.2. The van der Waals surface area contributed by atoms with Gasteiger partial charge in [0.25, 0.3) is 0 Å². The molecule has 0 bridgehead atoms. The molecule has 0 fully saturated rings. The molecule has 0 saturated heterocycles. The minimum atomic E-state index is -0.481. The lowest BCUT2D eigenvalue weighted by Gasteiger charge is -2.02. The Morgan fingerprint density at radius 2 is 1.33 bits per heavy atom. The molecule has 120 valence electrons. The molecule has 1 aliphatic rings. The van der Waals surface area contributed by atoms with Crippen LogP contribution in [0, 0.1) is 0 Å². The van der Waals surface area contributed by atoms with Crippen LogP contribution < -0.4 is 0 Å². The standard InChI is InChI=1S/C17H28O3S/c1-3-4-5-6-7-8-9-10-11-12-13-21-15-14(2)16(18)20-17(15)19/h3-13H2,1-2H3. The van der Waals surface area contributed by atoms with Crippen molar-refractivity contribution in [3.05, 3.63) is 10.5 Å². The zero-order valence-corrected chi connectivity index (χ0v) is 14.2. The second-order valence-electron chi connectivity index (χ2n) is 5.66. The van der Waals surface area contributed by atoms with E-state index in [1.165, 1.54) is 69.5 Å². The first-order valence-electron chi connectivity index (χ1n) is 8.27. The largest absolute Gasteiger partial charge is 0.386 e. The van der Waals surface area contributed by atoms with Gasteiger partial charge in [-0.1, -0.05) is 64.7 Å². The maximum atomic E-state index is 11.4. The highest BCUT2D eigenvalue weighted by Crippen LogP contribution is 2.28. The van der Waals surface area contributed by atoms with E-state index in [1.54, 1.807) is 6.92 Å². The smallest absolute Gasteiger partial charge is 0.353 e. The molecule has 0 atom stereocenters. The Labute approximate surface area is 132 Å². The van der Waals surface area contributed by atoms with E-state index in [9.17, 15) is 9.59 Å². The molecule has 1 rings (SSSR count). The van der Waals surface area contributed by atoms with Crippen molar-refractivity contribution in [3.8, 4) is 0 Å². The molecule has 0 radical (unpaired) electrons. The Balaban J connectivity index is 1.94. The van der Waals surface area contributed by atoms with Gasteiger partial charge in [-0.15, -0.1) is 11.8 Å². The van der Waals surface area contributed by atoms with Crippen LogP contribution in [0.15, 0.2) is 10.5 Å². The molecular weight excluding hydrogens is 284 g/mol. The van der Waals surface area contributed by atoms with E-state index in [4.69, 9.17) is 0 Å². The lowest BCUT2D eigenvalue weighted by molar-refractivity contribution is -0.150. The predicted octanol–water partition coefficient (Wildman–Crippen LogP) is 5.00. The summed E-state index contributed by atoms with van der Waals surface area (Å²) in [4.78, 5) is 23.1. The van der Waals surface area contributed by atoms with E-state index in [2.05, 4.69) is 11.7 Å². The number of thioether (sulfide) groups is 1. The van der Waals surface area contributed by atoms with Gasteiger partial charge in [-0.05, 0) is 19.1 Å². The lowest BCUT2D eigenvalue weighted by Crippen LogP contribution is -2.01. The van der Waals surface area contributed by atoms with Crippen molar-refractivity contribution in [1.82, 2.24) is 0 Å². The summed E-state index contributed by atoms with van der Waals surface area (Å²) in [6, 6.07) is 0. The average Bonchev–Trinajstić information content (AvgIpc) is 2.70. The van der Waals surface area contributed by atoms with E-state index in [-0.39, 0.29) is 0 Å². The molecule has 0 aliphatic carbocycles. The molecule has 0 N–H and O–H groups in total. The maximum absolute atomic E-state index is 11.4. The number of esters is 2. The van der Waals surface area contributed by atoms with Gasteiger partial charge in [0.05, 0.1) is 5.57 Å². The number of unbranched alkanes of at least 4 members (excludes halogenated alkanes) is 9. The van der Waals surface area contributed by atoms with Crippen LogP contribution in [0.1, 0.15) is 78.1 Å². The van der Waals surface area contributed by atoms with Crippen LogP contribution in [-0.4, -0.2) is 17.7 Å². The van der Waals surface area contributed by atoms with Crippen molar-refractivity contribution in [2.24, 2.45) is 0 Å². The normalized spacial score (nSPS) is 15.0. The number of carbonyl (C=O) groups excluding carboxylic acids is 2. The molecule has 0 saturated carbocycles. The van der Waals surface area contributed by atoms with Gasteiger partial charge in [-0.25, -0.2) is 9.59 Å². The van der Waals surface area contributed by atoms with Gasteiger partial charge < -0.3 is 4.74 Å². The van der Waals surface area contributed by atoms with Crippen molar-refractivity contribution in [3.63, 3.8) is 0 Å². The Morgan fingerprint density at radius 1 is 0.810 bits per heavy atom. The highest BCUT2D eigenvalue weighted by Gasteiger charge is 2.29. The lowest BCUT2D eigenvalue weighted by atomic mass is 10.1. The third-order valence-electron chi connectivity index (χ3n) is 3.76. The number of hydrogen-bond donors (Lipinski definition) is 0. The first-order valence-corrected chi connectivity index (χ1v) is 9.25. The molecule has 0 amide bonds. The van der Waals surface area contributed by atoms with Gasteiger partial charge in [0.1, 0.15) is 4.91 Å². The fraction of sp³-hybridized carbons (Fsp3) is 0.765. The van der Waals surface area contributed by atoms with Crippen LogP contribution in [0.4, 0.5) is 0 Å². The van der Waals surface area contributed by atoms with Crippen LogP contribution in [-0.2, 0) is 14.3 Å². The monoisotopic (exact) mass is 312 g/mol. The van der Waals surface area contributed by atoms with Crippen LogP contribution >= 0.6 is 11.8 Å². The van der Waals surface area contributed by atoms with Crippen LogP contribution in [0.2, 0.25) is 0 Å². The number of rotatable bonds is 12. The fourth-order valence-corrected chi connectivity index (χ4v) is 3.40. The van der Waals surface area contributed by atoms with Crippen molar-refractivity contribution in [2.45, 2.75) is 78.1 Å². The fourth-order valence-electron chi connectivity index (χ4n) is 2.38. The molecule has 0 aromatic rings. The Bertz CT molecular complexity index is 374. The molecule has 21 heavy (non-hydrogen) atoms. The van der Waals surface area contributed by atoms with E-state index in [1.807, 2.05) is 0 Å². The number of carbonyl (C=O) groups is 2. The summed E-state index contributed by atoms with van der Waals surface area (Å²) < 4.78 is 4.56. The number of ether oxygens (including phenoxy) is 1. The first-order chi connectivity index (χ1) is 10.2. The third kappa shape index (κ3) is 7.16. The summed E-state index contributed by atoms with van der Waals surface area (Å²) in [6.07, 6.45) is 13.1. The summed E-state index contributed by atoms with van der Waals surface area (Å²) in [7, 11) is 0. The topological polar surface area (TPSA) is 43.4 Å². The Morgan fingerprint density at radius 3 is 1.81 bits per heavy atom. The summed E-state index contributed by atoms with van der Waals surface area (Å²) in [5.74, 6) is -0.0499. The molecule has 0 spiro atoms. The summed E-state index contributed by atoms with van der Waals surface area (Å²) in [6.45, 7) is 3.91. The van der Waals surface area contributed by atoms with Gasteiger partial charge in [0.15, 0.2) is 0 Å². The van der Waals surface area contributed by atoms with Gasteiger partial charge in [-0.2, -0.15) is 0 Å². The van der Waals surface area contributed by atoms with E-state index in [0.717, 1.165) is 12.2 Å². The van der Waals surface area contributed by atoms with Crippen molar-refractivity contribution < 1.29 is 14.3 Å². The minimum absolute atomic E-state index is 0.463. The molecule has 1 heterocycles. The quantitative estimate of drug-likeness (QED) is 0.289. The molecule has 4 heteroatoms. The second kappa shape index (κ2) is 10.9. The molecule has 0 aromatic heterocycles. The highest BCUT2D eigenvalue weighted by molar-refractivity contribution is 8.04. The molecule has 0 aromatic carbocycles. The van der Waals surface area contributed by atoms with Crippen molar-refractivity contribution in [2.75, 3.05) is 5.75 Å². The zero-order valence-electron chi connectivity index (χ0n) is 13.4. The van der Waals surface area contributed by atoms with E-state index in [0.29, 0.717) is 10.5 Å². The summed E-state index contributed by atoms with van der Waals surface area (Å²) in [5, 5.41) is 0. The molecule has 1 aliphatic heterocycles. The van der Waals surface area contributed by atoms with Gasteiger partial charge in [0.2, 0.25) is 0 Å². The maximum Gasteiger partial charge on any atom is 0.353 e. The van der Waals surface area contributed by atoms with Crippen LogP contribution in [0.25, 0.3) is 0 Å². The average molecular weight is 312 g/mol. The Kier molecular flexibility index (Phi) is 9.48. The van der Waals surface area contributed by atoms with Gasteiger partial charge in [-0.3, -0.25) is 0 Å². The predicted molar refractivity (Wildman–Crippen MR) is 88.1 cm³/mol. The van der Waals surface area contributed by atoms with Crippen LogP contribution in [0.5, 0.6) is 0 Å². The molecular formula is C17H28O3S. The van der Waals surface area contributed by atoms with Crippen LogP contribution in [0.3, 0.4) is 0 Å². The number of cyclic esters (lactones) is 2. The van der Waals surface area contributed by atoms with Crippen molar-refractivity contribution >= 4 is 23.7 Å². The Hall–Kier alpha value is -0.770. The van der Waals surface area contributed by atoms with Crippen molar-refractivity contribution in [1.29, 1.82) is 0 Å². The van der Waals surface area contributed by atoms with E-state index < -0.39 is 11.9 Å². The zero-order chi connectivity index (χ0) is 15.5. The van der Waals surface area contributed by atoms with Gasteiger partial charge in [0, 0.05) is 0 Å². The molecule has 0 unspecified atom stereocenters. The molecule has 3 nitrogen and oxygen atoms in total. The second-order valence-corrected chi connectivity index (χ2v) is 6.77.